The van der Waals surface area contributed by atoms with Crippen LogP contribution in [0.15, 0.2) is 54.6 Å². The minimum Gasteiger partial charge on any atom is -0.0651 e. The number of rotatable bonds is 2. The van der Waals surface area contributed by atoms with Gasteiger partial charge < -0.3 is 0 Å². The third-order valence-electron chi connectivity index (χ3n) is 4.11. The summed E-state index contributed by atoms with van der Waals surface area (Å²) in [6.07, 6.45) is 2.35. The molecule has 92 valence electrons. The molecule has 0 saturated carbocycles. The smallest absolute Gasteiger partial charge is 0.00240 e. The zero-order chi connectivity index (χ0) is 12.8. The van der Waals surface area contributed by atoms with Crippen molar-refractivity contribution in [3.8, 4) is 0 Å². The molecule has 4 aromatic rings. The van der Waals surface area contributed by atoms with Crippen molar-refractivity contribution in [3.05, 3.63) is 60.2 Å². The van der Waals surface area contributed by atoms with Crippen LogP contribution < -0.4 is 0 Å². The zero-order valence-electron chi connectivity index (χ0n) is 11.1. The first-order valence-electron chi connectivity index (χ1n) is 7.04. The van der Waals surface area contributed by atoms with Crippen molar-refractivity contribution in [2.45, 2.75) is 19.8 Å². The summed E-state index contributed by atoms with van der Waals surface area (Å²) >= 11 is 0. The van der Waals surface area contributed by atoms with Gasteiger partial charge in [0.1, 0.15) is 0 Å². The molecule has 0 saturated heterocycles. The number of hydrogen-bond donors (Lipinski definition) is 0. The molecule has 0 heteroatoms. The topological polar surface area (TPSA) is 0 Å². The maximum atomic E-state index is 2.38. The quantitative estimate of drug-likeness (QED) is 0.406. The number of benzene rings is 4. The Balaban J connectivity index is 2.31. The normalized spacial score (nSPS) is 11.8. The van der Waals surface area contributed by atoms with Gasteiger partial charge in [0.05, 0.1) is 0 Å². The van der Waals surface area contributed by atoms with Crippen LogP contribution in [0.5, 0.6) is 0 Å². The van der Waals surface area contributed by atoms with E-state index in [1.165, 1.54) is 44.3 Å². The molecule has 0 bridgehead atoms. The monoisotopic (exact) mass is 244 g/mol. The summed E-state index contributed by atoms with van der Waals surface area (Å²) in [5.74, 6) is 0. The van der Waals surface area contributed by atoms with Gasteiger partial charge in [0, 0.05) is 0 Å². The molecule has 4 aromatic carbocycles. The van der Waals surface area contributed by atoms with E-state index < -0.39 is 0 Å². The maximum absolute atomic E-state index is 2.38. The Morgan fingerprint density at radius 3 is 2.21 bits per heavy atom. The van der Waals surface area contributed by atoms with Gasteiger partial charge in [0.15, 0.2) is 0 Å². The van der Waals surface area contributed by atoms with Crippen molar-refractivity contribution in [1.29, 1.82) is 0 Å². The molecule has 0 heterocycles. The van der Waals surface area contributed by atoms with E-state index >= 15 is 0 Å². The van der Waals surface area contributed by atoms with Crippen LogP contribution >= 0.6 is 0 Å². The lowest BCUT2D eigenvalue weighted by Gasteiger charge is -2.14. The van der Waals surface area contributed by atoms with Crippen LogP contribution in [0.2, 0.25) is 0 Å². The number of hydrogen-bond acceptors (Lipinski definition) is 0. The molecule has 0 N–H and O–H groups in total. The highest BCUT2D eigenvalue weighted by Crippen LogP contribution is 2.36. The Morgan fingerprint density at radius 1 is 0.737 bits per heavy atom. The molecule has 0 nitrogen and oxygen atoms in total. The number of aryl methyl sites for hydroxylation is 1. The molecule has 0 amide bonds. The molecule has 0 aliphatic rings. The van der Waals surface area contributed by atoms with Crippen molar-refractivity contribution in [3.63, 3.8) is 0 Å². The van der Waals surface area contributed by atoms with Crippen molar-refractivity contribution in [2.24, 2.45) is 0 Å². The fourth-order valence-corrected chi connectivity index (χ4v) is 3.31. The first-order valence-corrected chi connectivity index (χ1v) is 7.04. The molecule has 0 atom stereocenters. The molecule has 0 radical (unpaired) electrons. The van der Waals surface area contributed by atoms with Gasteiger partial charge >= 0.3 is 0 Å². The van der Waals surface area contributed by atoms with Crippen LogP contribution in [0.4, 0.5) is 0 Å². The van der Waals surface area contributed by atoms with Crippen LogP contribution in [-0.4, -0.2) is 0 Å². The molecule has 0 aromatic heterocycles. The molecular weight excluding hydrogens is 228 g/mol. The minimum atomic E-state index is 1.16. The van der Waals surface area contributed by atoms with Gasteiger partial charge in [0.25, 0.3) is 0 Å². The zero-order valence-corrected chi connectivity index (χ0v) is 11.1. The highest BCUT2D eigenvalue weighted by Gasteiger charge is 2.10. The third-order valence-corrected chi connectivity index (χ3v) is 4.11. The standard InChI is InChI=1S/C19H16/c1-2-5-15-12-16-8-3-6-13-10-11-14-7-4-9-17(15)19(14)18(13)16/h3-4,6-12H,2,5H2,1H3. The van der Waals surface area contributed by atoms with Crippen molar-refractivity contribution < 1.29 is 0 Å². The minimum absolute atomic E-state index is 1.16. The summed E-state index contributed by atoms with van der Waals surface area (Å²) in [6.45, 7) is 2.25. The second kappa shape index (κ2) is 3.96. The summed E-state index contributed by atoms with van der Waals surface area (Å²) < 4.78 is 0. The molecular formula is C19H16. The molecule has 0 aliphatic heterocycles. The lowest BCUT2D eigenvalue weighted by Crippen LogP contribution is -1.90. The Morgan fingerprint density at radius 2 is 1.42 bits per heavy atom. The van der Waals surface area contributed by atoms with Crippen LogP contribution in [0.25, 0.3) is 32.3 Å². The molecule has 0 unspecified atom stereocenters. The van der Waals surface area contributed by atoms with Crippen LogP contribution in [0, 0.1) is 0 Å². The Kier molecular flexibility index (Phi) is 2.25. The highest BCUT2D eigenvalue weighted by molar-refractivity contribution is 6.23. The molecule has 0 spiro atoms. The van der Waals surface area contributed by atoms with E-state index in [9.17, 15) is 0 Å². The average Bonchev–Trinajstić information content (AvgIpc) is 2.46. The van der Waals surface area contributed by atoms with Crippen molar-refractivity contribution >= 4 is 32.3 Å². The Hall–Kier alpha value is -2.08. The van der Waals surface area contributed by atoms with Crippen LogP contribution in [0.3, 0.4) is 0 Å². The predicted molar refractivity (Wildman–Crippen MR) is 84.1 cm³/mol. The van der Waals surface area contributed by atoms with Gasteiger partial charge in [-0.1, -0.05) is 67.9 Å². The lowest BCUT2D eigenvalue weighted by molar-refractivity contribution is 0.931. The van der Waals surface area contributed by atoms with Gasteiger partial charge in [-0.15, -0.1) is 0 Å². The third kappa shape index (κ3) is 1.46. The van der Waals surface area contributed by atoms with E-state index in [0.29, 0.717) is 0 Å². The SMILES string of the molecule is CCCc1cc2cccc3ccc4cccc1c4c32. The van der Waals surface area contributed by atoms with Gasteiger partial charge in [0.2, 0.25) is 0 Å². The van der Waals surface area contributed by atoms with E-state index in [-0.39, 0.29) is 0 Å². The molecule has 0 fully saturated rings. The van der Waals surface area contributed by atoms with Gasteiger partial charge in [-0.3, -0.25) is 0 Å². The Bertz CT molecular complexity index is 871. The van der Waals surface area contributed by atoms with E-state index in [0.717, 1.165) is 6.42 Å². The summed E-state index contributed by atoms with van der Waals surface area (Å²) in [5.41, 5.74) is 1.49. The van der Waals surface area contributed by atoms with Gasteiger partial charge in [-0.25, -0.2) is 0 Å². The second-order valence-corrected chi connectivity index (χ2v) is 5.33. The average molecular weight is 244 g/mol. The van der Waals surface area contributed by atoms with E-state index in [1.54, 1.807) is 0 Å². The lowest BCUT2D eigenvalue weighted by atomic mass is 9.90. The molecule has 4 rings (SSSR count). The predicted octanol–water partition coefficient (Wildman–Crippen LogP) is 5.54. The Labute approximate surface area is 113 Å². The fourth-order valence-electron chi connectivity index (χ4n) is 3.31. The van der Waals surface area contributed by atoms with E-state index in [2.05, 4.69) is 61.5 Å². The second-order valence-electron chi connectivity index (χ2n) is 5.33. The molecule has 0 aliphatic carbocycles. The van der Waals surface area contributed by atoms with Gasteiger partial charge in [-0.05, 0) is 44.3 Å². The summed E-state index contributed by atoms with van der Waals surface area (Å²) in [4.78, 5) is 0. The largest absolute Gasteiger partial charge is 0.0651 e. The first-order chi connectivity index (χ1) is 9.38. The van der Waals surface area contributed by atoms with Crippen LogP contribution in [-0.2, 0) is 6.42 Å². The summed E-state index contributed by atoms with van der Waals surface area (Å²) in [5, 5.41) is 8.40. The summed E-state index contributed by atoms with van der Waals surface area (Å²) in [6, 6.07) is 20.2. The van der Waals surface area contributed by atoms with Crippen molar-refractivity contribution in [1.82, 2.24) is 0 Å². The van der Waals surface area contributed by atoms with E-state index in [4.69, 9.17) is 0 Å². The first kappa shape index (κ1) is 10.8. The highest BCUT2D eigenvalue weighted by atomic mass is 14.1. The van der Waals surface area contributed by atoms with Crippen LogP contribution in [0.1, 0.15) is 18.9 Å². The summed E-state index contributed by atoms with van der Waals surface area (Å²) in [7, 11) is 0. The molecule has 19 heavy (non-hydrogen) atoms. The van der Waals surface area contributed by atoms with Gasteiger partial charge in [-0.2, -0.15) is 0 Å². The van der Waals surface area contributed by atoms with Crippen molar-refractivity contribution in [2.75, 3.05) is 0 Å². The fraction of sp³-hybridized carbons (Fsp3) is 0.158. The maximum Gasteiger partial charge on any atom is -0.00240 e. The van der Waals surface area contributed by atoms with E-state index in [1.807, 2.05) is 0 Å².